The Labute approximate surface area is 172 Å². The molecule has 0 bridgehead atoms. The number of amides is 2. The second kappa shape index (κ2) is 11.2. The monoisotopic (exact) mass is 398 g/mol. The number of methoxy groups -OCH3 is 1. The zero-order valence-electron chi connectivity index (χ0n) is 17.5. The second-order valence-corrected chi connectivity index (χ2v) is 7.16. The molecule has 2 aromatic rings. The maximum Gasteiger partial charge on any atom is 0.265 e. The zero-order valence-corrected chi connectivity index (χ0v) is 17.5. The van der Waals surface area contributed by atoms with Crippen molar-refractivity contribution in [3.63, 3.8) is 0 Å². The molecule has 1 atom stereocenters. The van der Waals surface area contributed by atoms with Gasteiger partial charge in [-0.15, -0.1) is 0 Å². The van der Waals surface area contributed by atoms with Crippen LogP contribution in [0.5, 0.6) is 5.75 Å². The second-order valence-electron chi connectivity index (χ2n) is 7.16. The fraction of sp³-hybridized carbons (Fsp3) is 0.391. The van der Waals surface area contributed by atoms with E-state index in [4.69, 9.17) is 9.47 Å². The Morgan fingerprint density at radius 3 is 2.41 bits per heavy atom. The molecule has 0 heterocycles. The van der Waals surface area contributed by atoms with Crippen LogP contribution in [0.2, 0.25) is 0 Å². The third kappa shape index (κ3) is 7.23. The maximum absolute atomic E-state index is 12.5. The lowest BCUT2D eigenvalue weighted by molar-refractivity contribution is -0.122. The van der Waals surface area contributed by atoms with E-state index in [0.29, 0.717) is 36.1 Å². The molecule has 6 heteroatoms. The molecule has 6 nitrogen and oxygen atoms in total. The molecule has 0 aliphatic heterocycles. The highest BCUT2D eigenvalue weighted by atomic mass is 16.5. The quantitative estimate of drug-likeness (QED) is 0.594. The van der Waals surface area contributed by atoms with E-state index in [2.05, 4.69) is 24.5 Å². The van der Waals surface area contributed by atoms with Crippen LogP contribution in [0.3, 0.4) is 0 Å². The number of hydrogen-bond donors (Lipinski definition) is 2. The van der Waals surface area contributed by atoms with Crippen molar-refractivity contribution in [2.24, 2.45) is 0 Å². The lowest BCUT2D eigenvalue weighted by Gasteiger charge is -2.16. The van der Waals surface area contributed by atoms with Gasteiger partial charge in [-0.05, 0) is 55.2 Å². The molecule has 0 saturated heterocycles. The predicted molar refractivity (Wildman–Crippen MR) is 115 cm³/mol. The number of carbonyl (C=O) groups is 2. The highest BCUT2D eigenvalue weighted by Gasteiger charge is 2.16. The van der Waals surface area contributed by atoms with Crippen molar-refractivity contribution in [2.75, 3.05) is 25.6 Å². The number of anilines is 1. The van der Waals surface area contributed by atoms with E-state index < -0.39 is 6.10 Å². The molecule has 2 amide bonds. The van der Waals surface area contributed by atoms with Gasteiger partial charge in [-0.3, -0.25) is 9.59 Å². The summed E-state index contributed by atoms with van der Waals surface area (Å²) >= 11 is 0. The molecule has 2 rings (SSSR count). The molecule has 0 radical (unpaired) electrons. The maximum atomic E-state index is 12.5. The Balaban J connectivity index is 1.91. The summed E-state index contributed by atoms with van der Waals surface area (Å²) in [6, 6.07) is 14.6. The summed E-state index contributed by atoms with van der Waals surface area (Å²) in [4.78, 5) is 24.7. The van der Waals surface area contributed by atoms with E-state index in [1.54, 1.807) is 38.3 Å². The van der Waals surface area contributed by atoms with Gasteiger partial charge in [0.05, 0.1) is 0 Å². The molecule has 0 aromatic heterocycles. The van der Waals surface area contributed by atoms with Crippen LogP contribution in [-0.4, -0.2) is 38.2 Å². The van der Waals surface area contributed by atoms with Gasteiger partial charge in [0, 0.05) is 31.5 Å². The fourth-order valence-electron chi connectivity index (χ4n) is 2.69. The summed E-state index contributed by atoms with van der Waals surface area (Å²) in [6.07, 6.45) is 0.0671. The SMILES string of the molecule is COCCCNC(=O)c1cccc(NC(=O)C(C)Oc2ccc(C(C)C)cc2)c1. The Morgan fingerprint density at radius 2 is 1.76 bits per heavy atom. The fourth-order valence-corrected chi connectivity index (χ4v) is 2.69. The van der Waals surface area contributed by atoms with Gasteiger partial charge >= 0.3 is 0 Å². The van der Waals surface area contributed by atoms with Crippen LogP contribution >= 0.6 is 0 Å². The van der Waals surface area contributed by atoms with Crippen LogP contribution in [0.25, 0.3) is 0 Å². The van der Waals surface area contributed by atoms with Crippen molar-refractivity contribution in [1.29, 1.82) is 0 Å². The van der Waals surface area contributed by atoms with Crippen molar-refractivity contribution >= 4 is 17.5 Å². The molecule has 29 heavy (non-hydrogen) atoms. The van der Waals surface area contributed by atoms with Gasteiger partial charge in [-0.1, -0.05) is 32.0 Å². The van der Waals surface area contributed by atoms with Crippen molar-refractivity contribution < 1.29 is 19.1 Å². The predicted octanol–water partition coefficient (Wildman–Crippen LogP) is 3.98. The van der Waals surface area contributed by atoms with Gasteiger partial charge in [0.15, 0.2) is 6.10 Å². The topological polar surface area (TPSA) is 76.7 Å². The molecule has 156 valence electrons. The Hall–Kier alpha value is -2.86. The summed E-state index contributed by atoms with van der Waals surface area (Å²) in [6.45, 7) is 7.07. The van der Waals surface area contributed by atoms with Crippen molar-refractivity contribution in [2.45, 2.75) is 39.2 Å². The molecular formula is C23H30N2O4. The van der Waals surface area contributed by atoms with E-state index >= 15 is 0 Å². The Kier molecular flexibility index (Phi) is 8.68. The first kappa shape index (κ1) is 22.4. The smallest absolute Gasteiger partial charge is 0.265 e. The lowest BCUT2D eigenvalue weighted by Crippen LogP contribution is -2.30. The summed E-state index contributed by atoms with van der Waals surface area (Å²) in [5.41, 5.74) is 2.25. The molecular weight excluding hydrogens is 368 g/mol. The number of hydrogen-bond acceptors (Lipinski definition) is 4. The minimum Gasteiger partial charge on any atom is -0.481 e. The van der Waals surface area contributed by atoms with Gasteiger partial charge in [0.2, 0.25) is 0 Å². The first-order valence-corrected chi connectivity index (χ1v) is 9.85. The number of carbonyl (C=O) groups excluding carboxylic acids is 2. The Bertz CT molecular complexity index is 803. The minimum atomic E-state index is -0.675. The van der Waals surface area contributed by atoms with Gasteiger partial charge in [0.25, 0.3) is 11.8 Å². The average molecular weight is 399 g/mol. The van der Waals surface area contributed by atoms with E-state index in [9.17, 15) is 9.59 Å². The van der Waals surface area contributed by atoms with Crippen molar-refractivity contribution in [1.82, 2.24) is 5.32 Å². The molecule has 0 fully saturated rings. The largest absolute Gasteiger partial charge is 0.481 e. The standard InChI is InChI=1S/C23H30N2O4/c1-16(2)18-9-11-21(12-10-18)29-17(3)22(26)25-20-8-5-7-19(15-20)23(27)24-13-6-14-28-4/h5,7-12,15-17H,6,13-14H2,1-4H3,(H,24,27)(H,25,26). The summed E-state index contributed by atoms with van der Waals surface area (Å²) < 4.78 is 10.7. The molecule has 1 unspecified atom stereocenters. The minimum absolute atomic E-state index is 0.188. The van der Waals surface area contributed by atoms with E-state index in [0.717, 1.165) is 6.42 Å². The molecule has 0 aliphatic carbocycles. The summed E-state index contributed by atoms with van der Waals surface area (Å²) in [7, 11) is 1.62. The van der Waals surface area contributed by atoms with Crippen LogP contribution < -0.4 is 15.4 Å². The highest BCUT2D eigenvalue weighted by molar-refractivity contribution is 5.98. The lowest BCUT2D eigenvalue weighted by atomic mass is 10.0. The van der Waals surface area contributed by atoms with Crippen LogP contribution in [0.1, 0.15) is 49.0 Å². The molecule has 0 aliphatic rings. The Morgan fingerprint density at radius 1 is 1.03 bits per heavy atom. The number of ether oxygens (including phenoxy) is 2. The van der Waals surface area contributed by atoms with Crippen molar-refractivity contribution in [3.8, 4) is 5.75 Å². The van der Waals surface area contributed by atoms with E-state index in [1.165, 1.54) is 5.56 Å². The highest BCUT2D eigenvalue weighted by Crippen LogP contribution is 2.20. The van der Waals surface area contributed by atoms with Crippen LogP contribution in [-0.2, 0) is 9.53 Å². The summed E-state index contributed by atoms with van der Waals surface area (Å²) in [5.74, 6) is 0.609. The first-order valence-electron chi connectivity index (χ1n) is 9.85. The van der Waals surface area contributed by atoms with E-state index in [1.807, 2.05) is 24.3 Å². The third-order valence-corrected chi connectivity index (χ3v) is 4.43. The van der Waals surface area contributed by atoms with E-state index in [-0.39, 0.29) is 11.8 Å². The average Bonchev–Trinajstić information content (AvgIpc) is 2.71. The molecule has 0 saturated carbocycles. The van der Waals surface area contributed by atoms with Crippen LogP contribution in [0.15, 0.2) is 48.5 Å². The zero-order chi connectivity index (χ0) is 21.2. The van der Waals surface area contributed by atoms with Gasteiger partial charge in [0.1, 0.15) is 5.75 Å². The van der Waals surface area contributed by atoms with Gasteiger partial charge in [-0.2, -0.15) is 0 Å². The third-order valence-electron chi connectivity index (χ3n) is 4.43. The van der Waals surface area contributed by atoms with Gasteiger partial charge in [-0.25, -0.2) is 0 Å². The normalized spacial score (nSPS) is 11.8. The summed E-state index contributed by atoms with van der Waals surface area (Å²) in [5, 5.41) is 5.63. The molecule has 2 aromatic carbocycles. The van der Waals surface area contributed by atoms with Crippen LogP contribution in [0.4, 0.5) is 5.69 Å². The number of benzene rings is 2. The number of nitrogens with one attached hydrogen (secondary N) is 2. The van der Waals surface area contributed by atoms with Crippen LogP contribution in [0, 0.1) is 0 Å². The molecule has 0 spiro atoms. The molecule has 2 N–H and O–H groups in total. The van der Waals surface area contributed by atoms with Crippen molar-refractivity contribution in [3.05, 3.63) is 59.7 Å². The number of rotatable bonds is 10. The van der Waals surface area contributed by atoms with Gasteiger partial charge < -0.3 is 20.1 Å². The first-order chi connectivity index (χ1) is 13.9.